The van der Waals surface area contributed by atoms with Gasteiger partial charge in [0.1, 0.15) is 11.8 Å². The number of carboxylic acid groups (broad SMARTS) is 1. The molecule has 0 saturated carbocycles. The van der Waals surface area contributed by atoms with E-state index in [-0.39, 0.29) is 18.4 Å². The third kappa shape index (κ3) is 4.91. The van der Waals surface area contributed by atoms with E-state index < -0.39 is 12.0 Å². The van der Waals surface area contributed by atoms with Gasteiger partial charge in [0, 0.05) is 13.3 Å². The molecule has 0 fully saturated rings. The van der Waals surface area contributed by atoms with Gasteiger partial charge < -0.3 is 15.2 Å². The molecule has 5 nitrogen and oxygen atoms in total. The number of carbonyl (C=O) groups is 2. The van der Waals surface area contributed by atoms with Crippen LogP contribution in [0.15, 0.2) is 24.3 Å². The molecule has 0 radical (unpaired) electrons. The highest BCUT2D eigenvalue weighted by atomic mass is 16.5. The lowest BCUT2D eigenvalue weighted by atomic mass is 10.0. The first-order valence-electron chi connectivity index (χ1n) is 6.68. The lowest BCUT2D eigenvalue weighted by molar-refractivity contribution is -0.141. The lowest BCUT2D eigenvalue weighted by Gasteiger charge is -2.18. The number of rotatable bonds is 7. The van der Waals surface area contributed by atoms with Crippen LogP contribution in [-0.4, -0.2) is 29.1 Å². The SMILES string of the molecule is CCC(C)Oc1ccccc1CC(NC(C)=O)C(=O)O. The summed E-state index contributed by atoms with van der Waals surface area (Å²) in [6, 6.07) is 6.35. The molecule has 20 heavy (non-hydrogen) atoms. The van der Waals surface area contributed by atoms with Crippen LogP contribution in [-0.2, 0) is 16.0 Å². The average molecular weight is 279 g/mol. The minimum absolute atomic E-state index is 0.0557. The number of para-hydroxylation sites is 1. The number of carboxylic acids is 1. The molecular weight excluding hydrogens is 258 g/mol. The van der Waals surface area contributed by atoms with Crippen LogP contribution >= 0.6 is 0 Å². The summed E-state index contributed by atoms with van der Waals surface area (Å²) in [6.07, 6.45) is 1.12. The summed E-state index contributed by atoms with van der Waals surface area (Å²) in [7, 11) is 0. The molecule has 0 aliphatic heterocycles. The van der Waals surface area contributed by atoms with Gasteiger partial charge in [-0.3, -0.25) is 4.79 Å². The van der Waals surface area contributed by atoms with E-state index in [0.717, 1.165) is 12.0 Å². The molecular formula is C15H21NO4. The van der Waals surface area contributed by atoms with Crippen LogP contribution in [0.5, 0.6) is 5.75 Å². The van der Waals surface area contributed by atoms with E-state index in [4.69, 9.17) is 9.84 Å². The second-order valence-electron chi connectivity index (χ2n) is 4.74. The first-order valence-corrected chi connectivity index (χ1v) is 6.68. The van der Waals surface area contributed by atoms with Crippen LogP contribution < -0.4 is 10.1 Å². The Morgan fingerprint density at radius 3 is 2.55 bits per heavy atom. The lowest BCUT2D eigenvalue weighted by Crippen LogP contribution is -2.41. The number of aliphatic carboxylic acids is 1. The Kier molecular flexibility index (Phi) is 6.03. The van der Waals surface area contributed by atoms with E-state index in [1.54, 1.807) is 0 Å². The zero-order chi connectivity index (χ0) is 15.1. The molecule has 5 heteroatoms. The number of benzene rings is 1. The molecule has 2 atom stereocenters. The van der Waals surface area contributed by atoms with Crippen LogP contribution in [0.3, 0.4) is 0 Å². The molecule has 1 rings (SSSR count). The maximum atomic E-state index is 11.2. The van der Waals surface area contributed by atoms with Gasteiger partial charge in [-0.05, 0) is 25.0 Å². The van der Waals surface area contributed by atoms with Crippen LogP contribution in [0.4, 0.5) is 0 Å². The molecule has 2 unspecified atom stereocenters. The summed E-state index contributed by atoms with van der Waals surface area (Å²) in [6.45, 7) is 5.28. The first kappa shape index (κ1) is 16.0. The van der Waals surface area contributed by atoms with E-state index in [1.165, 1.54) is 6.92 Å². The van der Waals surface area contributed by atoms with Gasteiger partial charge in [0.15, 0.2) is 0 Å². The molecule has 0 saturated heterocycles. The minimum Gasteiger partial charge on any atom is -0.490 e. The van der Waals surface area contributed by atoms with Crippen molar-refractivity contribution in [2.45, 2.75) is 45.8 Å². The fourth-order valence-corrected chi connectivity index (χ4v) is 1.75. The van der Waals surface area contributed by atoms with Crippen molar-refractivity contribution in [1.82, 2.24) is 5.32 Å². The highest BCUT2D eigenvalue weighted by molar-refractivity contribution is 5.82. The van der Waals surface area contributed by atoms with Crippen molar-refractivity contribution in [3.05, 3.63) is 29.8 Å². The summed E-state index contributed by atoms with van der Waals surface area (Å²) >= 11 is 0. The van der Waals surface area contributed by atoms with Gasteiger partial charge in [0.05, 0.1) is 6.10 Å². The largest absolute Gasteiger partial charge is 0.490 e. The highest BCUT2D eigenvalue weighted by Crippen LogP contribution is 2.21. The Morgan fingerprint density at radius 2 is 2.00 bits per heavy atom. The van der Waals surface area contributed by atoms with Crippen LogP contribution in [0.25, 0.3) is 0 Å². The van der Waals surface area contributed by atoms with E-state index in [0.29, 0.717) is 5.75 Å². The molecule has 1 amide bonds. The monoisotopic (exact) mass is 279 g/mol. The number of carbonyl (C=O) groups excluding carboxylic acids is 1. The molecule has 0 heterocycles. The highest BCUT2D eigenvalue weighted by Gasteiger charge is 2.20. The van der Waals surface area contributed by atoms with Crippen LogP contribution in [0.1, 0.15) is 32.8 Å². The van der Waals surface area contributed by atoms with E-state index >= 15 is 0 Å². The molecule has 0 spiro atoms. The number of hydrogen-bond donors (Lipinski definition) is 2. The summed E-state index contributed by atoms with van der Waals surface area (Å²) in [5, 5.41) is 11.6. The van der Waals surface area contributed by atoms with Crippen LogP contribution in [0.2, 0.25) is 0 Å². The number of ether oxygens (including phenoxy) is 1. The van der Waals surface area contributed by atoms with Crippen LogP contribution in [0, 0.1) is 0 Å². The molecule has 0 bridgehead atoms. The topological polar surface area (TPSA) is 75.6 Å². The third-order valence-corrected chi connectivity index (χ3v) is 2.98. The van der Waals surface area contributed by atoms with Crippen molar-refractivity contribution >= 4 is 11.9 Å². The van der Waals surface area contributed by atoms with Crippen molar-refractivity contribution in [3.63, 3.8) is 0 Å². The summed E-state index contributed by atoms with van der Waals surface area (Å²) in [5.41, 5.74) is 0.772. The van der Waals surface area contributed by atoms with Gasteiger partial charge in [-0.1, -0.05) is 25.1 Å². The maximum Gasteiger partial charge on any atom is 0.326 e. The van der Waals surface area contributed by atoms with E-state index in [1.807, 2.05) is 38.1 Å². The van der Waals surface area contributed by atoms with Crippen molar-refractivity contribution in [2.24, 2.45) is 0 Å². The molecule has 0 aliphatic carbocycles. The normalized spacial score (nSPS) is 13.3. The summed E-state index contributed by atoms with van der Waals surface area (Å²) in [4.78, 5) is 22.2. The second-order valence-corrected chi connectivity index (χ2v) is 4.74. The van der Waals surface area contributed by atoms with Gasteiger partial charge in [0.2, 0.25) is 5.91 Å². The Hall–Kier alpha value is -2.04. The molecule has 0 aliphatic rings. The zero-order valence-corrected chi connectivity index (χ0v) is 12.1. The fraction of sp³-hybridized carbons (Fsp3) is 0.467. The van der Waals surface area contributed by atoms with Gasteiger partial charge in [-0.2, -0.15) is 0 Å². The molecule has 2 N–H and O–H groups in total. The molecule has 0 aromatic heterocycles. The predicted molar refractivity (Wildman–Crippen MR) is 75.8 cm³/mol. The molecule has 1 aromatic rings. The van der Waals surface area contributed by atoms with Gasteiger partial charge in [0.25, 0.3) is 0 Å². The second kappa shape index (κ2) is 7.53. The van der Waals surface area contributed by atoms with Gasteiger partial charge in [-0.15, -0.1) is 0 Å². The van der Waals surface area contributed by atoms with Crippen molar-refractivity contribution < 1.29 is 19.4 Å². The Bertz CT molecular complexity index is 473. The Morgan fingerprint density at radius 1 is 1.35 bits per heavy atom. The van der Waals surface area contributed by atoms with E-state index in [9.17, 15) is 9.59 Å². The number of amides is 1. The summed E-state index contributed by atoms with van der Waals surface area (Å²) in [5.74, 6) is -0.755. The Labute approximate surface area is 118 Å². The quantitative estimate of drug-likeness (QED) is 0.800. The Balaban J connectivity index is 2.89. The predicted octanol–water partition coefficient (Wildman–Crippen LogP) is 2.00. The smallest absolute Gasteiger partial charge is 0.326 e. The van der Waals surface area contributed by atoms with Gasteiger partial charge >= 0.3 is 5.97 Å². The average Bonchev–Trinajstić information content (AvgIpc) is 2.39. The number of hydrogen-bond acceptors (Lipinski definition) is 3. The van der Waals surface area contributed by atoms with Crippen molar-refractivity contribution in [3.8, 4) is 5.75 Å². The first-order chi connectivity index (χ1) is 9.43. The van der Waals surface area contributed by atoms with E-state index in [2.05, 4.69) is 5.32 Å². The standard InChI is InChI=1S/C15H21NO4/c1-4-10(2)20-14-8-6-5-7-12(14)9-13(15(18)19)16-11(3)17/h5-8,10,13H,4,9H2,1-3H3,(H,16,17)(H,18,19). The minimum atomic E-state index is -1.06. The molecule has 1 aromatic carbocycles. The maximum absolute atomic E-state index is 11.2. The van der Waals surface area contributed by atoms with Crippen molar-refractivity contribution in [1.29, 1.82) is 0 Å². The zero-order valence-electron chi connectivity index (χ0n) is 12.1. The molecule has 110 valence electrons. The fourth-order valence-electron chi connectivity index (χ4n) is 1.75. The third-order valence-electron chi connectivity index (χ3n) is 2.98. The number of nitrogens with one attached hydrogen (secondary N) is 1. The van der Waals surface area contributed by atoms with Crippen molar-refractivity contribution in [2.75, 3.05) is 0 Å². The summed E-state index contributed by atoms with van der Waals surface area (Å²) < 4.78 is 5.77. The van der Waals surface area contributed by atoms with Gasteiger partial charge in [-0.25, -0.2) is 4.79 Å².